The van der Waals surface area contributed by atoms with E-state index in [0.29, 0.717) is 12.5 Å². The molecule has 1 aromatic carbocycles. The van der Waals surface area contributed by atoms with E-state index in [1.807, 2.05) is 24.5 Å². The predicted octanol–water partition coefficient (Wildman–Crippen LogP) is 3.19. The van der Waals surface area contributed by atoms with Crippen molar-refractivity contribution < 1.29 is 4.79 Å². The van der Waals surface area contributed by atoms with E-state index in [4.69, 9.17) is 0 Å². The number of aliphatic imine (C=N–C) groups is 1. The van der Waals surface area contributed by atoms with E-state index < -0.39 is 0 Å². The van der Waals surface area contributed by atoms with Crippen LogP contribution < -0.4 is 0 Å². The molecule has 0 saturated heterocycles. The van der Waals surface area contributed by atoms with E-state index in [0.717, 1.165) is 10.9 Å². The van der Waals surface area contributed by atoms with Gasteiger partial charge in [0.05, 0.1) is 6.54 Å². The molecule has 0 aliphatic carbocycles. The minimum Gasteiger partial charge on any atom is -0.264 e. The second-order valence-electron chi connectivity index (χ2n) is 4.35. The van der Waals surface area contributed by atoms with Crippen LogP contribution in [-0.4, -0.2) is 11.1 Å². The highest BCUT2D eigenvalue weighted by Gasteiger charge is 2.05. The summed E-state index contributed by atoms with van der Waals surface area (Å²) in [5.74, 6) is 0.449. The highest BCUT2D eigenvalue weighted by Crippen LogP contribution is 2.25. The van der Waals surface area contributed by atoms with Gasteiger partial charge in [0.15, 0.2) is 0 Å². The molecule has 17 heavy (non-hydrogen) atoms. The predicted molar refractivity (Wildman–Crippen MR) is 67.7 cm³/mol. The molecule has 2 rings (SSSR count). The Hall–Kier alpha value is -1.99. The molecule has 0 aliphatic heterocycles. The SMILES string of the molecule is CC(C)c1cncc2cc(CN=C=O)ccc12. The molecule has 0 bridgehead atoms. The number of fused-ring (bicyclic) bond motifs is 1. The van der Waals surface area contributed by atoms with E-state index in [1.165, 1.54) is 10.9 Å². The minimum absolute atomic E-state index is 0.380. The van der Waals surface area contributed by atoms with Gasteiger partial charge in [0.1, 0.15) is 0 Å². The van der Waals surface area contributed by atoms with Crippen molar-refractivity contribution in [3.05, 3.63) is 41.7 Å². The second kappa shape index (κ2) is 4.89. The Morgan fingerprint density at radius 1 is 1.35 bits per heavy atom. The van der Waals surface area contributed by atoms with E-state index >= 15 is 0 Å². The topological polar surface area (TPSA) is 42.3 Å². The van der Waals surface area contributed by atoms with Gasteiger partial charge in [-0.15, -0.1) is 0 Å². The van der Waals surface area contributed by atoms with Crippen molar-refractivity contribution >= 4 is 16.9 Å². The number of isocyanates is 1. The summed E-state index contributed by atoms with van der Waals surface area (Å²) >= 11 is 0. The lowest BCUT2D eigenvalue weighted by Crippen LogP contribution is -1.92. The zero-order valence-corrected chi connectivity index (χ0v) is 9.97. The molecule has 86 valence electrons. The lowest BCUT2D eigenvalue weighted by molar-refractivity contribution is 0.563. The van der Waals surface area contributed by atoms with Crippen LogP contribution in [0.2, 0.25) is 0 Å². The Bertz CT molecular complexity index is 584. The summed E-state index contributed by atoms with van der Waals surface area (Å²) < 4.78 is 0. The molecule has 2 aromatic rings. The third-order valence-electron chi connectivity index (χ3n) is 2.80. The fourth-order valence-electron chi connectivity index (χ4n) is 1.93. The summed E-state index contributed by atoms with van der Waals surface area (Å²) in [6.07, 6.45) is 5.31. The van der Waals surface area contributed by atoms with Gasteiger partial charge < -0.3 is 0 Å². The van der Waals surface area contributed by atoms with Crippen LogP contribution in [0.3, 0.4) is 0 Å². The normalized spacial score (nSPS) is 10.5. The lowest BCUT2D eigenvalue weighted by Gasteiger charge is -2.09. The number of aromatic nitrogens is 1. The quantitative estimate of drug-likeness (QED) is 0.595. The van der Waals surface area contributed by atoms with Crippen LogP contribution in [0.25, 0.3) is 10.8 Å². The average molecular weight is 226 g/mol. The van der Waals surface area contributed by atoms with Gasteiger partial charge >= 0.3 is 0 Å². The van der Waals surface area contributed by atoms with Crippen LogP contribution in [0, 0.1) is 0 Å². The molecule has 1 heterocycles. The summed E-state index contributed by atoms with van der Waals surface area (Å²) in [4.78, 5) is 17.9. The van der Waals surface area contributed by atoms with Crippen molar-refractivity contribution in [2.24, 2.45) is 4.99 Å². The number of benzene rings is 1. The molecule has 0 spiro atoms. The maximum atomic E-state index is 10.1. The highest BCUT2D eigenvalue weighted by atomic mass is 16.1. The molecular formula is C14H14N2O. The van der Waals surface area contributed by atoms with E-state index in [1.54, 1.807) is 6.08 Å². The van der Waals surface area contributed by atoms with Gasteiger partial charge in [-0.2, -0.15) is 0 Å². The Morgan fingerprint density at radius 2 is 2.18 bits per heavy atom. The fourth-order valence-corrected chi connectivity index (χ4v) is 1.93. The molecule has 0 fully saturated rings. The van der Waals surface area contributed by atoms with Crippen molar-refractivity contribution in [2.75, 3.05) is 0 Å². The largest absolute Gasteiger partial charge is 0.264 e. The van der Waals surface area contributed by atoms with Crippen LogP contribution in [0.15, 0.2) is 35.6 Å². The summed E-state index contributed by atoms with van der Waals surface area (Å²) in [6.45, 7) is 4.69. The molecule has 0 N–H and O–H groups in total. The lowest BCUT2D eigenvalue weighted by atomic mass is 9.98. The van der Waals surface area contributed by atoms with Crippen LogP contribution in [-0.2, 0) is 11.3 Å². The zero-order valence-electron chi connectivity index (χ0n) is 9.97. The van der Waals surface area contributed by atoms with Gasteiger partial charge in [0.2, 0.25) is 6.08 Å². The molecule has 0 amide bonds. The van der Waals surface area contributed by atoms with Crippen molar-refractivity contribution in [2.45, 2.75) is 26.3 Å². The third-order valence-corrected chi connectivity index (χ3v) is 2.80. The summed E-state index contributed by atoms with van der Waals surface area (Å²) in [7, 11) is 0. The zero-order chi connectivity index (χ0) is 12.3. The van der Waals surface area contributed by atoms with Gasteiger partial charge in [-0.25, -0.2) is 9.79 Å². The first-order chi connectivity index (χ1) is 8.22. The van der Waals surface area contributed by atoms with Crippen molar-refractivity contribution in [1.29, 1.82) is 0 Å². The van der Waals surface area contributed by atoms with Crippen molar-refractivity contribution in [3.63, 3.8) is 0 Å². The van der Waals surface area contributed by atoms with Gasteiger partial charge in [0, 0.05) is 17.8 Å². The molecule has 0 saturated carbocycles. The second-order valence-corrected chi connectivity index (χ2v) is 4.35. The number of hydrogen-bond acceptors (Lipinski definition) is 3. The van der Waals surface area contributed by atoms with Gasteiger partial charge in [-0.3, -0.25) is 4.98 Å². The highest BCUT2D eigenvalue weighted by molar-refractivity contribution is 5.85. The first-order valence-corrected chi connectivity index (χ1v) is 5.62. The molecular weight excluding hydrogens is 212 g/mol. The summed E-state index contributed by atoms with van der Waals surface area (Å²) in [5.41, 5.74) is 2.25. The van der Waals surface area contributed by atoms with E-state index in [2.05, 4.69) is 29.9 Å². The Morgan fingerprint density at radius 3 is 2.88 bits per heavy atom. The molecule has 3 heteroatoms. The fraction of sp³-hybridized carbons (Fsp3) is 0.286. The van der Waals surface area contributed by atoms with Gasteiger partial charge in [-0.1, -0.05) is 26.0 Å². The minimum atomic E-state index is 0.380. The van der Waals surface area contributed by atoms with E-state index in [9.17, 15) is 4.79 Å². The van der Waals surface area contributed by atoms with Gasteiger partial charge in [0.25, 0.3) is 0 Å². The van der Waals surface area contributed by atoms with E-state index in [-0.39, 0.29) is 0 Å². The Labute approximate surface area is 100 Å². The number of carbonyl (C=O) groups excluding carboxylic acids is 1. The van der Waals surface area contributed by atoms with Crippen LogP contribution in [0.1, 0.15) is 30.9 Å². The average Bonchev–Trinajstić information content (AvgIpc) is 2.35. The molecule has 0 unspecified atom stereocenters. The first kappa shape index (κ1) is 11.5. The molecule has 0 radical (unpaired) electrons. The number of hydrogen-bond donors (Lipinski definition) is 0. The summed E-state index contributed by atoms with van der Waals surface area (Å²) in [5, 5.41) is 2.31. The number of rotatable bonds is 3. The summed E-state index contributed by atoms with van der Waals surface area (Å²) in [6, 6.07) is 6.09. The smallest absolute Gasteiger partial charge is 0.235 e. The maximum absolute atomic E-state index is 10.1. The Balaban J connectivity index is 2.52. The standard InChI is InChI=1S/C14H14N2O/c1-10(2)14-8-15-7-12-5-11(6-16-9-17)3-4-13(12)14/h3-5,7-8,10H,6H2,1-2H3. The van der Waals surface area contributed by atoms with Crippen molar-refractivity contribution in [1.82, 2.24) is 4.98 Å². The number of nitrogens with zero attached hydrogens (tertiary/aromatic N) is 2. The number of pyridine rings is 1. The van der Waals surface area contributed by atoms with Gasteiger partial charge in [-0.05, 0) is 28.5 Å². The Kier molecular flexibility index (Phi) is 3.31. The van der Waals surface area contributed by atoms with Crippen LogP contribution in [0.5, 0.6) is 0 Å². The monoisotopic (exact) mass is 226 g/mol. The van der Waals surface area contributed by atoms with Crippen LogP contribution >= 0.6 is 0 Å². The first-order valence-electron chi connectivity index (χ1n) is 5.62. The molecule has 0 aliphatic rings. The van der Waals surface area contributed by atoms with Crippen LogP contribution in [0.4, 0.5) is 0 Å². The van der Waals surface area contributed by atoms with Crippen molar-refractivity contribution in [3.8, 4) is 0 Å². The molecule has 0 atom stereocenters. The third kappa shape index (κ3) is 2.40. The molecule has 3 nitrogen and oxygen atoms in total. The maximum Gasteiger partial charge on any atom is 0.235 e. The molecule has 1 aromatic heterocycles.